The van der Waals surface area contributed by atoms with E-state index in [4.69, 9.17) is 4.74 Å². The summed E-state index contributed by atoms with van der Waals surface area (Å²) in [5.74, 6) is 1.09. The Morgan fingerprint density at radius 3 is 1.16 bits per heavy atom. The van der Waals surface area contributed by atoms with E-state index in [-0.39, 0.29) is 5.97 Å². The normalized spacial score (nSPS) is 13.6. The van der Waals surface area contributed by atoms with Crippen molar-refractivity contribution in [2.45, 2.75) is 272 Å². The van der Waals surface area contributed by atoms with Crippen LogP contribution < -0.4 is 0 Å². The third kappa shape index (κ3) is 37.9. The molecule has 0 spiro atoms. The largest absolute Gasteiger partial charge is 0.466 e. The highest BCUT2D eigenvalue weighted by Gasteiger charge is 2.23. The number of unbranched alkanes of at least 4 members (excludes halogenated alkanes) is 25. The third-order valence-electron chi connectivity index (χ3n) is 14.4. The molecular formula is C57H114N4O3. The van der Waals surface area contributed by atoms with Gasteiger partial charge in [0, 0.05) is 52.1 Å². The summed E-state index contributed by atoms with van der Waals surface area (Å²) in [6, 6.07) is 0. The number of nitrogens with zero attached hydrogens (tertiary/aromatic N) is 4. The highest BCUT2D eigenvalue weighted by Crippen LogP contribution is 2.23. The Hall–Kier alpha value is -1.18. The van der Waals surface area contributed by atoms with Crippen LogP contribution in [0, 0.1) is 5.92 Å². The van der Waals surface area contributed by atoms with Crippen LogP contribution in [0.25, 0.3) is 0 Å². The average Bonchev–Trinajstić information content (AvgIpc) is 3.31. The number of piperidine rings is 1. The van der Waals surface area contributed by atoms with Crippen molar-refractivity contribution in [3.8, 4) is 0 Å². The molecule has 0 aromatic rings. The SMILES string of the molecule is CCCCCCCCCN(CCCOC(=O)CCCC)CCCC1CCN(C(=O)CCN(CCCCCCCCC)CCN(CCCCCCCCC)CCCCCCCCC)CC1. The molecule has 1 amide bonds. The maximum atomic E-state index is 13.7. The fourth-order valence-corrected chi connectivity index (χ4v) is 9.81. The molecule has 1 heterocycles. The molecule has 0 bridgehead atoms. The van der Waals surface area contributed by atoms with Crippen LogP contribution in [0.1, 0.15) is 272 Å². The molecule has 1 aliphatic heterocycles. The van der Waals surface area contributed by atoms with E-state index in [0.29, 0.717) is 25.4 Å². The fraction of sp³-hybridized carbons (Fsp3) is 0.965. The van der Waals surface area contributed by atoms with Gasteiger partial charge in [-0.2, -0.15) is 0 Å². The van der Waals surface area contributed by atoms with Crippen LogP contribution in [-0.2, 0) is 14.3 Å². The first kappa shape index (κ1) is 60.8. The van der Waals surface area contributed by atoms with Gasteiger partial charge >= 0.3 is 5.97 Å². The van der Waals surface area contributed by atoms with E-state index in [0.717, 1.165) is 96.9 Å². The van der Waals surface area contributed by atoms with Gasteiger partial charge in [-0.25, -0.2) is 0 Å². The molecule has 0 unspecified atom stereocenters. The number of hydrogen-bond donors (Lipinski definition) is 0. The summed E-state index contributed by atoms with van der Waals surface area (Å²) >= 11 is 0. The van der Waals surface area contributed by atoms with Crippen molar-refractivity contribution in [3.05, 3.63) is 0 Å². The molecule has 0 aromatic carbocycles. The lowest BCUT2D eigenvalue weighted by Gasteiger charge is -2.33. The van der Waals surface area contributed by atoms with Gasteiger partial charge in [0.1, 0.15) is 0 Å². The van der Waals surface area contributed by atoms with Gasteiger partial charge in [0.2, 0.25) is 5.91 Å². The molecule has 0 aromatic heterocycles. The van der Waals surface area contributed by atoms with E-state index in [1.165, 1.54) is 206 Å². The Bertz CT molecular complexity index is 970. The summed E-state index contributed by atoms with van der Waals surface area (Å²) in [5.41, 5.74) is 0. The molecule has 64 heavy (non-hydrogen) atoms. The molecule has 1 aliphatic rings. The number of esters is 1. The van der Waals surface area contributed by atoms with E-state index >= 15 is 0 Å². The van der Waals surface area contributed by atoms with Crippen molar-refractivity contribution in [1.29, 1.82) is 0 Å². The third-order valence-corrected chi connectivity index (χ3v) is 14.4. The Morgan fingerprint density at radius 1 is 0.391 bits per heavy atom. The second-order valence-corrected chi connectivity index (χ2v) is 20.4. The van der Waals surface area contributed by atoms with Crippen molar-refractivity contribution in [1.82, 2.24) is 19.6 Å². The summed E-state index contributed by atoms with van der Waals surface area (Å²) in [5, 5.41) is 0. The van der Waals surface area contributed by atoms with E-state index < -0.39 is 0 Å². The maximum absolute atomic E-state index is 13.7. The minimum absolute atomic E-state index is 0.0313. The first-order valence-corrected chi connectivity index (χ1v) is 29.1. The second-order valence-electron chi connectivity index (χ2n) is 20.4. The molecule has 1 rings (SSSR count). The van der Waals surface area contributed by atoms with Crippen LogP contribution in [0.3, 0.4) is 0 Å². The van der Waals surface area contributed by atoms with Crippen LogP contribution in [0.2, 0.25) is 0 Å². The van der Waals surface area contributed by atoms with Crippen molar-refractivity contribution in [3.63, 3.8) is 0 Å². The number of ether oxygens (including phenoxy) is 1. The number of rotatable bonds is 49. The van der Waals surface area contributed by atoms with Gasteiger partial charge in [0.15, 0.2) is 0 Å². The lowest BCUT2D eigenvalue weighted by atomic mass is 9.92. The zero-order valence-electron chi connectivity index (χ0n) is 44.2. The van der Waals surface area contributed by atoms with Crippen LogP contribution in [0.15, 0.2) is 0 Å². The lowest BCUT2D eigenvalue weighted by molar-refractivity contribution is -0.144. The zero-order chi connectivity index (χ0) is 46.4. The van der Waals surface area contributed by atoms with Crippen LogP contribution >= 0.6 is 0 Å². The van der Waals surface area contributed by atoms with Crippen LogP contribution in [-0.4, -0.2) is 110 Å². The van der Waals surface area contributed by atoms with Crippen molar-refractivity contribution < 1.29 is 14.3 Å². The number of likely N-dealkylation sites (tertiary alicyclic amines) is 1. The Morgan fingerprint density at radius 2 is 0.734 bits per heavy atom. The summed E-state index contributed by atoms with van der Waals surface area (Å²) in [7, 11) is 0. The lowest BCUT2D eigenvalue weighted by Crippen LogP contribution is -2.41. The summed E-state index contributed by atoms with van der Waals surface area (Å²) < 4.78 is 5.55. The molecule has 7 heteroatoms. The molecule has 7 nitrogen and oxygen atoms in total. The first-order chi connectivity index (χ1) is 31.5. The van der Waals surface area contributed by atoms with E-state index in [9.17, 15) is 9.59 Å². The number of hydrogen-bond acceptors (Lipinski definition) is 6. The number of carbonyl (C=O) groups excluding carboxylic acids is 2. The van der Waals surface area contributed by atoms with Gasteiger partial charge in [-0.1, -0.05) is 195 Å². The number of amides is 1. The zero-order valence-corrected chi connectivity index (χ0v) is 44.2. The molecule has 0 radical (unpaired) electrons. The summed E-state index contributed by atoms with van der Waals surface area (Å²) in [4.78, 5) is 36.1. The van der Waals surface area contributed by atoms with Gasteiger partial charge in [0.25, 0.3) is 0 Å². The molecule has 380 valence electrons. The average molecular weight is 904 g/mol. The molecule has 0 N–H and O–H groups in total. The Balaban J connectivity index is 2.65. The van der Waals surface area contributed by atoms with Crippen LogP contribution in [0.4, 0.5) is 0 Å². The smallest absolute Gasteiger partial charge is 0.305 e. The Kier molecular flexibility index (Phi) is 44.6. The molecule has 0 atom stereocenters. The maximum Gasteiger partial charge on any atom is 0.305 e. The van der Waals surface area contributed by atoms with Gasteiger partial charge in [-0.05, 0) is 103 Å². The van der Waals surface area contributed by atoms with Gasteiger partial charge < -0.3 is 24.3 Å². The standard InChI is InChI=1S/C57H114N4O3/c1-6-11-16-20-24-28-32-43-58(48-37-54-64-57(63)39-15-10-5)47-36-38-55-40-50-61(51-41-55)56(62)42-49-60(46-35-31-27-23-19-14-9-4)53-52-59(44-33-29-25-21-17-12-7-2)45-34-30-26-22-18-13-8-3/h55H,6-54H2,1-5H3. The monoisotopic (exact) mass is 903 g/mol. The van der Waals surface area contributed by atoms with Crippen molar-refractivity contribution >= 4 is 11.9 Å². The molecule has 0 saturated carbocycles. The minimum atomic E-state index is -0.0313. The fourth-order valence-electron chi connectivity index (χ4n) is 9.81. The summed E-state index contributed by atoms with van der Waals surface area (Å²) in [6.45, 7) is 23.9. The highest BCUT2D eigenvalue weighted by molar-refractivity contribution is 5.76. The predicted molar refractivity (Wildman–Crippen MR) is 280 cm³/mol. The first-order valence-electron chi connectivity index (χ1n) is 29.1. The second kappa shape index (κ2) is 46.9. The van der Waals surface area contributed by atoms with E-state index in [2.05, 4.69) is 54.2 Å². The summed E-state index contributed by atoms with van der Waals surface area (Å²) in [6.07, 6.45) is 47.0. The molecular weight excluding hydrogens is 789 g/mol. The van der Waals surface area contributed by atoms with Gasteiger partial charge in [-0.3, -0.25) is 9.59 Å². The Labute approximate surface area is 401 Å². The number of carbonyl (C=O) groups is 2. The predicted octanol–water partition coefficient (Wildman–Crippen LogP) is 15.4. The van der Waals surface area contributed by atoms with E-state index in [1.54, 1.807) is 0 Å². The minimum Gasteiger partial charge on any atom is -0.466 e. The topological polar surface area (TPSA) is 56.3 Å². The highest BCUT2D eigenvalue weighted by atomic mass is 16.5. The van der Waals surface area contributed by atoms with Crippen molar-refractivity contribution in [2.24, 2.45) is 5.92 Å². The molecule has 1 saturated heterocycles. The van der Waals surface area contributed by atoms with Crippen molar-refractivity contribution in [2.75, 3.05) is 78.6 Å². The van der Waals surface area contributed by atoms with Crippen LogP contribution in [0.5, 0.6) is 0 Å². The quantitative estimate of drug-likeness (QED) is 0.0448. The van der Waals surface area contributed by atoms with Gasteiger partial charge in [0.05, 0.1) is 6.61 Å². The molecule has 1 fully saturated rings. The van der Waals surface area contributed by atoms with Gasteiger partial charge in [-0.15, -0.1) is 0 Å². The molecule has 0 aliphatic carbocycles. The van der Waals surface area contributed by atoms with E-state index in [1.807, 2.05) is 0 Å².